The summed E-state index contributed by atoms with van der Waals surface area (Å²) >= 11 is 0. The van der Waals surface area contributed by atoms with Gasteiger partial charge in [0.25, 0.3) is 0 Å². The summed E-state index contributed by atoms with van der Waals surface area (Å²) in [7, 11) is 0. The zero-order chi connectivity index (χ0) is 28.4. The molecule has 0 saturated carbocycles. The van der Waals surface area contributed by atoms with E-state index in [1.807, 2.05) is 0 Å². The van der Waals surface area contributed by atoms with Crippen LogP contribution in [0.25, 0.3) is 0 Å². The van der Waals surface area contributed by atoms with Gasteiger partial charge in [-0.05, 0) is 12.8 Å². The molecule has 39 heavy (non-hydrogen) atoms. The van der Waals surface area contributed by atoms with Crippen LogP contribution in [0.3, 0.4) is 0 Å². The summed E-state index contributed by atoms with van der Waals surface area (Å²) in [4.78, 5) is 20.6. The van der Waals surface area contributed by atoms with Crippen LogP contribution in [-0.4, -0.2) is 59.9 Å². The minimum absolute atomic E-state index is 0. The molecule has 0 rings (SSSR count). The molecular formula is C34H70CaO4. The number of carbonyl (C=O) groups is 2. The van der Waals surface area contributed by atoms with Crippen molar-refractivity contribution in [3.63, 3.8) is 0 Å². The molecule has 0 spiro atoms. The summed E-state index contributed by atoms with van der Waals surface area (Å²) in [6.07, 6.45) is 37.5. The summed E-state index contributed by atoms with van der Waals surface area (Å²) in [5.74, 6) is -1.31. The first-order chi connectivity index (χ1) is 18.5. The maximum atomic E-state index is 10.3. The summed E-state index contributed by atoms with van der Waals surface area (Å²) in [5.41, 5.74) is 0. The fraction of sp³-hybridized carbons (Fsp3) is 0.941. The second-order valence-electron chi connectivity index (χ2n) is 11.5. The van der Waals surface area contributed by atoms with Gasteiger partial charge in [-0.3, -0.25) is 9.59 Å². The van der Waals surface area contributed by atoms with E-state index < -0.39 is 11.9 Å². The number of carboxylic acids is 2. The Bertz CT molecular complexity index is 470. The van der Waals surface area contributed by atoms with Gasteiger partial charge in [0, 0.05) is 12.8 Å². The molecular weight excluding hydrogens is 512 g/mol. The van der Waals surface area contributed by atoms with Crippen LogP contribution in [0.4, 0.5) is 0 Å². The zero-order valence-corrected chi connectivity index (χ0v) is 25.9. The van der Waals surface area contributed by atoms with Crippen molar-refractivity contribution in [2.24, 2.45) is 0 Å². The summed E-state index contributed by atoms with van der Waals surface area (Å²) in [5, 5.41) is 17.0. The second-order valence-corrected chi connectivity index (χ2v) is 11.5. The standard InChI is InChI=1S/C18H36O2.C16H32O2.Ca.2H/c1-2-3-4-5-6-7-8-9-10-11-12-13-14-15-16-17-18(19)20;1-2-3-4-5-6-7-8-9-10-11-12-13-14-15-16(17)18;;;/h2-17H2,1H3,(H,19,20);2-15H2,1H3,(H,17,18);;;. The Balaban J connectivity index is -0.000000651. The Hall–Kier alpha value is 0.200. The first kappa shape index (κ1) is 43.7. The van der Waals surface area contributed by atoms with Crippen molar-refractivity contribution < 1.29 is 19.8 Å². The molecule has 0 aliphatic carbocycles. The Morgan fingerprint density at radius 3 is 0.641 bits per heavy atom. The number of hydrogen-bond acceptors (Lipinski definition) is 2. The quantitative estimate of drug-likeness (QED) is 0.0652. The van der Waals surface area contributed by atoms with E-state index in [4.69, 9.17) is 10.2 Å². The Morgan fingerprint density at radius 2 is 0.487 bits per heavy atom. The van der Waals surface area contributed by atoms with E-state index in [2.05, 4.69) is 13.8 Å². The monoisotopic (exact) mass is 582 g/mol. The Labute approximate surface area is 274 Å². The molecule has 0 aliphatic heterocycles. The molecule has 0 fully saturated rings. The molecule has 0 aromatic heterocycles. The molecule has 0 aromatic carbocycles. The molecule has 232 valence electrons. The predicted molar refractivity (Wildman–Crippen MR) is 174 cm³/mol. The van der Waals surface area contributed by atoms with E-state index in [0.29, 0.717) is 12.8 Å². The van der Waals surface area contributed by atoms with E-state index >= 15 is 0 Å². The van der Waals surface area contributed by atoms with Gasteiger partial charge >= 0.3 is 49.7 Å². The van der Waals surface area contributed by atoms with Gasteiger partial charge in [-0.2, -0.15) is 0 Å². The van der Waals surface area contributed by atoms with E-state index in [1.54, 1.807) is 0 Å². The molecule has 0 saturated heterocycles. The van der Waals surface area contributed by atoms with Crippen LogP contribution < -0.4 is 0 Å². The average Bonchev–Trinajstić information content (AvgIpc) is 2.89. The van der Waals surface area contributed by atoms with Crippen LogP contribution in [0, 0.1) is 0 Å². The maximum absolute atomic E-state index is 10.3. The van der Waals surface area contributed by atoms with Gasteiger partial charge in [-0.15, -0.1) is 0 Å². The van der Waals surface area contributed by atoms with Gasteiger partial charge in [-0.1, -0.05) is 181 Å². The predicted octanol–water partition coefficient (Wildman–Crippen LogP) is 11.0. The number of hydrogen-bond donors (Lipinski definition) is 2. The normalized spacial score (nSPS) is 10.5. The molecule has 0 atom stereocenters. The molecule has 0 amide bonds. The van der Waals surface area contributed by atoms with Gasteiger partial charge in [0.15, 0.2) is 0 Å². The Morgan fingerprint density at radius 1 is 0.333 bits per heavy atom. The van der Waals surface area contributed by atoms with Crippen molar-refractivity contribution in [2.75, 3.05) is 0 Å². The molecule has 0 heterocycles. The first-order valence-electron chi connectivity index (χ1n) is 17.0. The topological polar surface area (TPSA) is 74.6 Å². The van der Waals surface area contributed by atoms with Crippen molar-refractivity contribution >= 4 is 49.7 Å². The molecule has 0 bridgehead atoms. The third-order valence-corrected chi connectivity index (χ3v) is 7.49. The van der Waals surface area contributed by atoms with Crippen LogP contribution in [0.5, 0.6) is 0 Å². The molecule has 2 N–H and O–H groups in total. The number of carboxylic acid groups (broad SMARTS) is 2. The van der Waals surface area contributed by atoms with E-state index in [1.165, 1.54) is 154 Å². The molecule has 4 nitrogen and oxygen atoms in total. The van der Waals surface area contributed by atoms with Crippen molar-refractivity contribution in [3.8, 4) is 0 Å². The fourth-order valence-corrected chi connectivity index (χ4v) is 4.94. The zero-order valence-electron chi connectivity index (χ0n) is 25.9. The molecule has 0 aromatic rings. The van der Waals surface area contributed by atoms with Crippen molar-refractivity contribution in [3.05, 3.63) is 0 Å². The van der Waals surface area contributed by atoms with Crippen molar-refractivity contribution in [2.45, 2.75) is 206 Å². The molecule has 0 unspecified atom stereocenters. The number of rotatable bonds is 30. The van der Waals surface area contributed by atoms with Crippen LogP contribution >= 0.6 is 0 Å². The summed E-state index contributed by atoms with van der Waals surface area (Å²) in [6, 6.07) is 0. The molecule has 0 aliphatic rings. The van der Waals surface area contributed by atoms with Gasteiger partial charge in [0.05, 0.1) is 0 Å². The minimum atomic E-state index is -0.655. The van der Waals surface area contributed by atoms with Crippen LogP contribution in [0.15, 0.2) is 0 Å². The third kappa shape index (κ3) is 48.3. The second kappa shape index (κ2) is 40.3. The summed E-state index contributed by atoms with van der Waals surface area (Å²) < 4.78 is 0. The van der Waals surface area contributed by atoms with Crippen LogP contribution in [0.1, 0.15) is 206 Å². The first-order valence-corrected chi connectivity index (χ1v) is 17.0. The van der Waals surface area contributed by atoms with Crippen LogP contribution in [-0.2, 0) is 9.59 Å². The number of unbranched alkanes of at least 4 members (excludes halogenated alkanes) is 26. The SMILES string of the molecule is CCCCCCCCCCCCCCCC(=O)O.CCCCCCCCCCCCCCCCCC(=O)O.[CaH2]. The fourth-order valence-electron chi connectivity index (χ4n) is 4.94. The number of aliphatic carboxylic acids is 2. The average molecular weight is 583 g/mol. The van der Waals surface area contributed by atoms with Gasteiger partial charge < -0.3 is 10.2 Å². The molecule has 5 heteroatoms. The van der Waals surface area contributed by atoms with Gasteiger partial charge in [0.1, 0.15) is 0 Å². The van der Waals surface area contributed by atoms with E-state index in [0.717, 1.165) is 25.7 Å². The van der Waals surface area contributed by atoms with E-state index in [9.17, 15) is 9.59 Å². The Kier molecular flexibility index (Phi) is 45.2. The van der Waals surface area contributed by atoms with Gasteiger partial charge in [-0.25, -0.2) is 0 Å². The molecule has 0 radical (unpaired) electrons. The summed E-state index contributed by atoms with van der Waals surface area (Å²) in [6.45, 7) is 4.53. The van der Waals surface area contributed by atoms with Gasteiger partial charge in [0.2, 0.25) is 0 Å². The van der Waals surface area contributed by atoms with Crippen LogP contribution in [0.2, 0.25) is 0 Å². The third-order valence-electron chi connectivity index (χ3n) is 7.49. The van der Waals surface area contributed by atoms with Crippen molar-refractivity contribution in [1.82, 2.24) is 0 Å². The van der Waals surface area contributed by atoms with E-state index in [-0.39, 0.29) is 37.7 Å². The van der Waals surface area contributed by atoms with Crippen molar-refractivity contribution in [1.29, 1.82) is 0 Å².